The summed E-state index contributed by atoms with van der Waals surface area (Å²) in [7, 11) is -3.62. The summed E-state index contributed by atoms with van der Waals surface area (Å²) >= 11 is 0. The molecule has 1 aromatic carbocycles. The second kappa shape index (κ2) is 6.07. The molecule has 0 aromatic heterocycles. The molecule has 0 radical (unpaired) electrons. The molecule has 0 saturated heterocycles. The number of rotatable bonds is 4. The van der Waals surface area contributed by atoms with Gasteiger partial charge in [0, 0.05) is 12.6 Å². The van der Waals surface area contributed by atoms with E-state index in [0.717, 1.165) is 17.9 Å². The summed E-state index contributed by atoms with van der Waals surface area (Å²) < 4.78 is 22.8. The van der Waals surface area contributed by atoms with Crippen LogP contribution in [-0.2, 0) is 16.6 Å². The average molecular weight is 310 g/mol. The highest BCUT2D eigenvalue weighted by Gasteiger charge is 2.31. The van der Waals surface area contributed by atoms with Gasteiger partial charge in [-0.3, -0.25) is 0 Å². The molecule has 1 fully saturated rings. The van der Waals surface area contributed by atoms with Gasteiger partial charge in [0.2, 0.25) is 10.0 Å². The molecule has 1 saturated carbocycles. The molecular weight excluding hydrogens is 284 g/mol. The van der Waals surface area contributed by atoms with E-state index in [0.29, 0.717) is 18.0 Å². The maximum absolute atomic E-state index is 11.4. The first kappa shape index (κ1) is 16.5. The van der Waals surface area contributed by atoms with Crippen LogP contribution in [0.2, 0.25) is 0 Å². The molecule has 2 unspecified atom stereocenters. The molecule has 1 aromatic rings. The summed E-state index contributed by atoms with van der Waals surface area (Å²) in [5.41, 5.74) is 1.33. The van der Waals surface area contributed by atoms with Gasteiger partial charge in [-0.2, -0.15) is 0 Å². The molecule has 2 atom stereocenters. The molecule has 0 bridgehead atoms. The van der Waals surface area contributed by atoms with Gasteiger partial charge < -0.3 is 5.32 Å². The highest BCUT2D eigenvalue weighted by Crippen LogP contribution is 2.38. The van der Waals surface area contributed by atoms with Crippen LogP contribution in [-0.4, -0.2) is 14.5 Å². The topological polar surface area (TPSA) is 72.2 Å². The summed E-state index contributed by atoms with van der Waals surface area (Å²) in [6.45, 7) is 7.62. The molecule has 0 spiro atoms. The molecule has 118 valence electrons. The molecule has 0 heterocycles. The van der Waals surface area contributed by atoms with Crippen molar-refractivity contribution in [1.82, 2.24) is 5.32 Å². The highest BCUT2D eigenvalue weighted by molar-refractivity contribution is 7.89. The Bertz CT molecular complexity index is 596. The van der Waals surface area contributed by atoms with Gasteiger partial charge in [-0.15, -0.1) is 0 Å². The minimum absolute atomic E-state index is 0.180. The number of nitrogens with two attached hydrogens (primary N) is 1. The Kier molecular flexibility index (Phi) is 4.76. The fourth-order valence-corrected chi connectivity index (χ4v) is 4.18. The van der Waals surface area contributed by atoms with E-state index in [1.165, 1.54) is 18.9 Å². The Labute approximate surface area is 128 Å². The van der Waals surface area contributed by atoms with Crippen molar-refractivity contribution in [3.63, 3.8) is 0 Å². The first-order chi connectivity index (χ1) is 9.66. The predicted molar refractivity (Wildman–Crippen MR) is 85.2 cm³/mol. The Morgan fingerprint density at radius 1 is 1.33 bits per heavy atom. The molecule has 4 nitrogen and oxygen atoms in total. The van der Waals surface area contributed by atoms with Crippen LogP contribution in [0.25, 0.3) is 0 Å². The minimum atomic E-state index is -3.62. The Balaban J connectivity index is 2.00. The van der Waals surface area contributed by atoms with E-state index in [1.807, 2.05) is 6.07 Å². The molecular formula is C16H26N2O2S. The zero-order valence-corrected chi connectivity index (χ0v) is 13.9. The van der Waals surface area contributed by atoms with Crippen molar-refractivity contribution in [3.8, 4) is 0 Å². The van der Waals surface area contributed by atoms with Crippen molar-refractivity contribution in [2.24, 2.45) is 16.5 Å². The Morgan fingerprint density at radius 3 is 2.67 bits per heavy atom. The molecule has 1 aliphatic rings. The third-order valence-corrected chi connectivity index (χ3v) is 5.12. The van der Waals surface area contributed by atoms with Gasteiger partial charge in [0.05, 0.1) is 4.90 Å². The van der Waals surface area contributed by atoms with Crippen LogP contribution in [0.4, 0.5) is 0 Å². The summed E-state index contributed by atoms with van der Waals surface area (Å²) in [4.78, 5) is 0.180. The van der Waals surface area contributed by atoms with Crippen LogP contribution in [0.15, 0.2) is 29.2 Å². The van der Waals surface area contributed by atoms with Gasteiger partial charge in [0.15, 0.2) is 0 Å². The van der Waals surface area contributed by atoms with Crippen molar-refractivity contribution in [3.05, 3.63) is 29.8 Å². The van der Waals surface area contributed by atoms with Crippen molar-refractivity contribution < 1.29 is 8.42 Å². The maximum Gasteiger partial charge on any atom is 0.238 e. The van der Waals surface area contributed by atoms with Gasteiger partial charge in [-0.25, -0.2) is 13.6 Å². The maximum atomic E-state index is 11.4. The second-order valence-electron chi connectivity index (χ2n) is 7.18. The minimum Gasteiger partial charge on any atom is -0.310 e. The molecule has 0 amide bonds. The summed E-state index contributed by atoms with van der Waals surface area (Å²) in [6.07, 6.45) is 3.61. The lowest BCUT2D eigenvalue weighted by atomic mass is 9.70. The van der Waals surface area contributed by atoms with E-state index in [9.17, 15) is 8.42 Å². The van der Waals surface area contributed by atoms with Crippen LogP contribution < -0.4 is 10.5 Å². The molecule has 0 aliphatic heterocycles. The normalized spacial score (nSPS) is 25.7. The summed E-state index contributed by atoms with van der Waals surface area (Å²) in [5.74, 6) is 0.724. The van der Waals surface area contributed by atoms with Gasteiger partial charge in [-0.1, -0.05) is 32.9 Å². The van der Waals surface area contributed by atoms with Crippen LogP contribution in [0.1, 0.15) is 45.6 Å². The van der Waals surface area contributed by atoms with E-state index >= 15 is 0 Å². The molecule has 3 N–H and O–H groups in total. The molecule has 1 aliphatic carbocycles. The lowest BCUT2D eigenvalue weighted by Crippen LogP contribution is -2.39. The number of sulfonamides is 1. The van der Waals surface area contributed by atoms with E-state index < -0.39 is 10.0 Å². The van der Waals surface area contributed by atoms with Crippen LogP contribution >= 0.6 is 0 Å². The second-order valence-corrected chi connectivity index (χ2v) is 8.74. The fraction of sp³-hybridized carbons (Fsp3) is 0.625. The Morgan fingerprint density at radius 2 is 2.05 bits per heavy atom. The molecule has 5 heteroatoms. The Hall–Kier alpha value is -0.910. The van der Waals surface area contributed by atoms with E-state index in [1.54, 1.807) is 12.1 Å². The van der Waals surface area contributed by atoms with E-state index in [2.05, 4.69) is 26.1 Å². The number of nitrogens with one attached hydrogen (secondary N) is 1. The number of hydrogen-bond acceptors (Lipinski definition) is 3. The standard InChI is InChI=1S/C16H26N2O2S/c1-12-7-14(10-16(2,3)9-12)18-11-13-5-4-6-15(8-13)21(17,19)20/h4-6,8,12,14,18H,7,9-11H2,1-3H3,(H2,17,19,20). The number of primary sulfonamides is 1. The van der Waals surface area contributed by atoms with Crippen molar-refractivity contribution >= 4 is 10.0 Å². The van der Waals surface area contributed by atoms with Crippen LogP contribution in [0, 0.1) is 11.3 Å². The van der Waals surface area contributed by atoms with Crippen molar-refractivity contribution in [1.29, 1.82) is 0 Å². The van der Waals surface area contributed by atoms with E-state index in [4.69, 9.17) is 5.14 Å². The third-order valence-electron chi connectivity index (χ3n) is 4.21. The van der Waals surface area contributed by atoms with Gasteiger partial charge in [0.25, 0.3) is 0 Å². The molecule has 2 rings (SSSR count). The van der Waals surface area contributed by atoms with Gasteiger partial charge >= 0.3 is 0 Å². The third kappa shape index (κ3) is 4.80. The predicted octanol–water partition coefficient (Wildman–Crippen LogP) is 2.64. The quantitative estimate of drug-likeness (QED) is 0.898. The molecule has 21 heavy (non-hydrogen) atoms. The van der Waals surface area contributed by atoms with Crippen LogP contribution in [0.3, 0.4) is 0 Å². The van der Waals surface area contributed by atoms with Crippen molar-refractivity contribution in [2.45, 2.75) is 57.5 Å². The van der Waals surface area contributed by atoms with Crippen LogP contribution in [0.5, 0.6) is 0 Å². The SMILES string of the molecule is CC1CC(NCc2cccc(S(N)(=O)=O)c2)CC(C)(C)C1. The number of benzene rings is 1. The zero-order chi connectivity index (χ0) is 15.7. The lowest BCUT2D eigenvalue weighted by molar-refractivity contribution is 0.151. The lowest BCUT2D eigenvalue weighted by Gasteiger charge is -2.39. The van der Waals surface area contributed by atoms with Crippen molar-refractivity contribution in [2.75, 3.05) is 0 Å². The monoisotopic (exact) mass is 310 g/mol. The van der Waals surface area contributed by atoms with Gasteiger partial charge in [0.1, 0.15) is 0 Å². The number of hydrogen-bond donors (Lipinski definition) is 2. The van der Waals surface area contributed by atoms with E-state index in [-0.39, 0.29) is 4.90 Å². The summed E-state index contributed by atoms with van der Waals surface area (Å²) in [6, 6.07) is 7.34. The fourth-order valence-electron chi connectivity index (χ4n) is 3.60. The first-order valence-electron chi connectivity index (χ1n) is 7.51. The summed E-state index contributed by atoms with van der Waals surface area (Å²) in [5, 5.41) is 8.74. The highest BCUT2D eigenvalue weighted by atomic mass is 32.2. The first-order valence-corrected chi connectivity index (χ1v) is 9.05. The smallest absolute Gasteiger partial charge is 0.238 e. The largest absolute Gasteiger partial charge is 0.310 e. The zero-order valence-electron chi connectivity index (χ0n) is 13.1. The van der Waals surface area contributed by atoms with Gasteiger partial charge in [-0.05, 0) is 48.3 Å². The average Bonchev–Trinajstić information content (AvgIpc) is 2.33.